The molecule has 0 fully saturated rings. The van der Waals surface area contributed by atoms with Crippen LogP contribution in [0.15, 0.2) is 30.3 Å². The topological polar surface area (TPSA) is 49.4 Å². The van der Waals surface area contributed by atoms with Gasteiger partial charge in [-0.3, -0.25) is 0 Å². The van der Waals surface area contributed by atoms with Crippen molar-refractivity contribution >= 4 is 12.0 Å². The zero-order valence-electron chi connectivity index (χ0n) is 7.90. The van der Waals surface area contributed by atoms with Gasteiger partial charge >= 0.3 is 0 Å². The van der Waals surface area contributed by atoms with Crippen LogP contribution in [0.1, 0.15) is 12.0 Å². The van der Waals surface area contributed by atoms with Crippen molar-refractivity contribution in [2.45, 2.75) is 6.42 Å². The lowest BCUT2D eigenvalue weighted by atomic mass is 10.2. The number of aliphatic carboxylic acids is 1. The van der Waals surface area contributed by atoms with Crippen LogP contribution in [-0.2, 0) is 4.79 Å². The number of hydrogen-bond acceptors (Lipinski definition) is 3. The van der Waals surface area contributed by atoms with Crippen LogP contribution in [0.3, 0.4) is 0 Å². The molecule has 0 unspecified atom stereocenters. The van der Waals surface area contributed by atoms with Crippen molar-refractivity contribution < 1.29 is 14.6 Å². The molecule has 0 aliphatic heterocycles. The predicted octanol–water partition coefficient (Wildman–Crippen LogP) is 0.848. The molecule has 74 valence electrons. The fraction of sp³-hybridized carbons (Fsp3) is 0.182. The summed E-state index contributed by atoms with van der Waals surface area (Å²) in [5.41, 5.74) is 0.937. The van der Waals surface area contributed by atoms with Crippen LogP contribution in [0.5, 0.6) is 5.75 Å². The van der Waals surface area contributed by atoms with E-state index in [1.54, 1.807) is 19.3 Å². The Balaban J connectivity index is 2.59. The first-order chi connectivity index (χ1) is 6.72. The SMILES string of the molecule is COc1ccc(/C=C/CC(=O)[O-])cc1. The summed E-state index contributed by atoms with van der Waals surface area (Å²) in [6.07, 6.45) is 3.22. The summed E-state index contributed by atoms with van der Waals surface area (Å²) in [5, 5.41) is 10.1. The third-order valence-electron chi connectivity index (χ3n) is 1.71. The van der Waals surface area contributed by atoms with E-state index in [4.69, 9.17) is 4.74 Å². The minimum absolute atomic E-state index is 0.0635. The zero-order valence-corrected chi connectivity index (χ0v) is 7.90. The van der Waals surface area contributed by atoms with Gasteiger partial charge in [-0.2, -0.15) is 0 Å². The normalized spacial score (nSPS) is 10.4. The van der Waals surface area contributed by atoms with Crippen LogP contribution >= 0.6 is 0 Å². The summed E-state index contributed by atoms with van der Waals surface area (Å²) in [5.74, 6) is -0.295. The van der Waals surface area contributed by atoms with Crippen molar-refractivity contribution in [2.75, 3.05) is 7.11 Å². The Labute approximate surface area is 82.6 Å². The lowest BCUT2D eigenvalue weighted by Gasteiger charge is -1.99. The van der Waals surface area contributed by atoms with E-state index in [1.807, 2.05) is 24.3 Å². The van der Waals surface area contributed by atoms with Crippen molar-refractivity contribution in [1.29, 1.82) is 0 Å². The molecule has 3 nitrogen and oxygen atoms in total. The lowest BCUT2D eigenvalue weighted by molar-refractivity contribution is -0.304. The van der Waals surface area contributed by atoms with Gasteiger partial charge in [-0.05, 0) is 17.7 Å². The highest BCUT2D eigenvalue weighted by molar-refractivity contribution is 5.68. The molecule has 0 heterocycles. The number of methoxy groups -OCH3 is 1. The third kappa shape index (κ3) is 3.31. The van der Waals surface area contributed by atoms with E-state index in [0.29, 0.717) is 0 Å². The Morgan fingerprint density at radius 1 is 1.43 bits per heavy atom. The summed E-state index contributed by atoms with van der Waals surface area (Å²) >= 11 is 0. The van der Waals surface area contributed by atoms with Crippen LogP contribution < -0.4 is 9.84 Å². The summed E-state index contributed by atoms with van der Waals surface area (Å²) in [6, 6.07) is 7.34. The first-order valence-electron chi connectivity index (χ1n) is 4.23. The summed E-state index contributed by atoms with van der Waals surface area (Å²) in [4.78, 5) is 10.1. The number of carbonyl (C=O) groups excluding carboxylic acids is 1. The number of benzene rings is 1. The molecule has 0 aliphatic rings. The maximum absolute atomic E-state index is 10.1. The van der Waals surface area contributed by atoms with Crippen molar-refractivity contribution in [1.82, 2.24) is 0 Å². The fourth-order valence-electron chi connectivity index (χ4n) is 1.01. The highest BCUT2D eigenvalue weighted by Gasteiger charge is 1.89. The first-order valence-corrected chi connectivity index (χ1v) is 4.23. The molecule has 0 radical (unpaired) electrons. The molecule has 0 N–H and O–H groups in total. The molecule has 0 spiro atoms. The quantitative estimate of drug-likeness (QED) is 0.708. The average Bonchev–Trinajstić information content (AvgIpc) is 2.18. The number of carboxylic acid groups (broad SMARTS) is 1. The maximum Gasteiger partial charge on any atom is 0.118 e. The van der Waals surface area contributed by atoms with E-state index >= 15 is 0 Å². The number of rotatable bonds is 4. The third-order valence-corrected chi connectivity index (χ3v) is 1.71. The van der Waals surface area contributed by atoms with Crippen LogP contribution in [0.25, 0.3) is 6.08 Å². The first kappa shape index (κ1) is 10.3. The maximum atomic E-state index is 10.1. The Morgan fingerprint density at radius 2 is 2.07 bits per heavy atom. The largest absolute Gasteiger partial charge is 0.550 e. The number of carbonyl (C=O) groups is 1. The molecule has 14 heavy (non-hydrogen) atoms. The average molecular weight is 191 g/mol. The van der Waals surface area contributed by atoms with Gasteiger partial charge in [0.15, 0.2) is 0 Å². The molecule has 0 saturated heterocycles. The van der Waals surface area contributed by atoms with Gasteiger partial charge in [-0.1, -0.05) is 24.3 Å². The van der Waals surface area contributed by atoms with Gasteiger partial charge in [0, 0.05) is 12.4 Å². The summed E-state index contributed by atoms with van der Waals surface area (Å²) in [6.45, 7) is 0. The molecule has 0 bridgehead atoms. The molecule has 3 heteroatoms. The molecule has 0 saturated carbocycles. The van der Waals surface area contributed by atoms with Gasteiger partial charge < -0.3 is 14.6 Å². The molecular weight excluding hydrogens is 180 g/mol. The van der Waals surface area contributed by atoms with E-state index in [2.05, 4.69) is 0 Å². The second-order valence-corrected chi connectivity index (χ2v) is 2.75. The van der Waals surface area contributed by atoms with Gasteiger partial charge in [0.25, 0.3) is 0 Å². The molecule has 1 rings (SSSR count). The number of carboxylic acids is 1. The van der Waals surface area contributed by atoms with E-state index in [0.717, 1.165) is 11.3 Å². The van der Waals surface area contributed by atoms with Crippen LogP contribution in [0.4, 0.5) is 0 Å². The molecule has 0 aliphatic carbocycles. The smallest absolute Gasteiger partial charge is 0.118 e. The highest BCUT2D eigenvalue weighted by Crippen LogP contribution is 2.12. The summed E-state index contributed by atoms with van der Waals surface area (Å²) in [7, 11) is 1.60. The van der Waals surface area contributed by atoms with Gasteiger partial charge in [0.05, 0.1) is 7.11 Å². The predicted molar refractivity (Wildman–Crippen MR) is 51.7 cm³/mol. The molecule has 1 aromatic carbocycles. The monoisotopic (exact) mass is 191 g/mol. The molecule has 0 atom stereocenters. The van der Waals surface area contributed by atoms with Crippen LogP contribution in [0.2, 0.25) is 0 Å². The van der Waals surface area contributed by atoms with Crippen molar-refractivity contribution in [3.8, 4) is 5.75 Å². The second-order valence-electron chi connectivity index (χ2n) is 2.75. The molecular formula is C11H11O3-. The fourth-order valence-corrected chi connectivity index (χ4v) is 1.01. The summed E-state index contributed by atoms with van der Waals surface area (Å²) < 4.78 is 4.98. The minimum atomic E-state index is -1.07. The Hall–Kier alpha value is -1.77. The lowest BCUT2D eigenvalue weighted by Crippen LogP contribution is -2.20. The Morgan fingerprint density at radius 3 is 2.57 bits per heavy atom. The molecule has 0 aromatic heterocycles. The van der Waals surface area contributed by atoms with Gasteiger partial charge in [-0.15, -0.1) is 0 Å². The van der Waals surface area contributed by atoms with E-state index < -0.39 is 5.97 Å². The van der Waals surface area contributed by atoms with E-state index in [9.17, 15) is 9.90 Å². The van der Waals surface area contributed by atoms with Gasteiger partial charge in [-0.25, -0.2) is 0 Å². The molecule has 1 aromatic rings. The zero-order chi connectivity index (χ0) is 10.4. The van der Waals surface area contributed by atoms with E-state index in [1.165, 1.54) is 0 Å². The Bertz CT molecular complexity index is 325. The van der Waals surface area contributed by atoms with Gasteiger partial charge in [0.1, 0.15) is 5.75 Å². The highest BCUT2D eigenvalue weighted by atomic mass is 16.5. The molecule has 0 amide bonds. The number of hydrogen-bond donors (Lipinski definition) is 0. The van der Waals surface area contributed by atoms with Crippen molar-refractivity contribution in [2.24, 2.45) is 0 Å². The van der Waals surface area contributed by atoms with E-state index in [-0.39, 0.29) is 6.42 Å². The number of ether oxygens (including phenoxy) is 1. The van der Waals surface area contributed by atoms with Crippen LogP contribution in [-0.4, -0.2) is 13.1 Å². The minimum Gasteiger partial charge on any atom is -0.550 e. The van der Waals surface area contributed by atoms with Crippen LogP contribution in [0, 0.1) is 0 Å². The van der Waals surface area contributed by atoms with Crippen molar-refractivity contribution in [3.63, 3.8) is 0 Å². The van der Waals surface area contributed by atoms with Crippen molar-refractivity contribution in [3.05, 3.63) is 35.9 Å². The van der Waals surface area contributed by atoms with Gasteiger partial charge in [0.2, 0.25) is 0 Å². The second kappa shape index (κ2) is 5.07. The Kier molecular flexibility index (Phi) is 3.73. The standard InChI is InChI=1S/C11H12O3/c1-14-10-7-5-9(6-8-10)3-2-4-11(12)13/h2-3,5-8H,4H2,1H3,(H,12,13)/p-1/b3-2+.